The molecule has 1 aromatic heterocycles. The average molecular weight is 583 g/mol. The Balaban J connectivity index is 1.53. The number of aromatic nitrogens is 2. The van der Waals surface area contributed by atoms with E-state index in [-0.39, 0.29) is 30.8 Å². The third kappa shape index (κ3) is 6.92. The van der Waals surface area contributed by atoms with Crippen LogP contribution in [0.5, 0.6) is 6.01 Å². The van der Waals surface area contributed by atoms with E-state index in [9.17, 15) is 14.4 Å². The van der Waals surface area contributed by atoms with Crippen molar-refractivity contribution in [1.29, 1.82) is 0 Å². The highest BCUT2D eigenvalue weighted by Gasteiger charge is 2.39. The molecular weight excluding hydrogens is 560 g/mol. The first-order valence-electron chi connectivity index (χ1n) is 11.2. The second kappa shape index (κ2) is 12.0. The highest BCUT2D eigenvalue weighted by molar-refractivity contribution is 9.10. The Morgan fingerprint density at radius 2 is 2.00 bits per heavy atom. The van der Waals surface area contributed by atoms with Crippen LogP contribution < -0.4 is 15.8 Å². The van der Waals surface area contributed by atoms with Crippen molar-refractivity contribution >= 4 is 56.3 Å². The van der Waals surface area contributed by atoms with Crippen LogP contribution in [-0.4, -0.2) is 50.1 Å². The summed E-state index contributed by atoms with van der Waals surface area (Å²) >= 11 is 4.57. The number of thioether (sulfide) groups is 1. The lowest BCUT2D eigenvalue weighted by Crippen LogP contribution is -2.34. The van der Waals surface area contributed by atoms with Crippen LogP contribution >= 0.6 is 27.7 Å². The third-order valence-corrected chi connectivity index (χ3v) is 7.05. The molecule has 10 nitrogen and oxygen atoms in total. The molecule has 0 bridgehead atoms. The molecule has 1 atom stereocenters. The van der Waals surface area contributed by atoms with Crippen molar-refractivity contribution in [2.75, 3.05) is 7.11 Å². The molecule has 0 saturated carbocycles. The minimum Gasteiger partial charge on any atom is -0.467 e. The van der Waals surface area contributed by atoms with E-state index in [1.807, 2.05) is 24.3 Å². The Morgan fingerprint density at radius 3 is 2.73 bits per heavy atom. The first-order chi connectivity index (χ1) is 17.8. The average Bonchev–Trinajstić information content (AvgIpc) is 3.17. The summed E-state index contributed by atoms with van der Waals surface area (Å²) in [4.78, 5) is 52.0. The molecule has 37 heavy (non-hydrogen) atoms. The van der Waals surface area contributed by atoms with E-state index in [1.54, 1.807) is 30.3 Å². The Labute approximate surface area is 225 Å². The number of aliphatic imine (C=N–C) groups is 1. The first-order valence-corrected chi connectivity index (χ1v) is 12.8. The molecule has 1 unspecified atom stereocenters. The highest BCUT2D eigenvalue weighted by atomic mass is 79.9. The van der Waals surface area contributed by atoms with Gasteiger partial charge in [0.25, 0.3) is 0 Å². The standard InChI is InChI=1S/C25H23BrN6O4S/c1-36-24-28-10-9-19(30-24)14-32-23(35)20(12-21(33)29-13-15-5-7-17(26)8-6-15)37-25(32)31-18-4-2-3-16(11-18)22(27)34/h2-11,20H,12-14H2,1H3,(H2,27,34)(H,29,33). The molecule has 1 aliphatic heterocycles. The number of primary amides is 1. The van der Waals surface area contributed by atoms with Crippen LogP contribution in [-0.2, 0) is 22.7 Å². The lowest BCUT2D eigenvalue weighted by molar-refractivity contribution is -0.129. The lowest BCUT2D eigenvalue weighted by atomic mass is 10.2. The van der Waals surface area contributed by atoms with Gasteiger partial charge in [-0.2, -0.15) is 4.98 Å². The summed E-state index contributed by atoms with van der Waals surface area (Å²) in [6, 6.07) is 15.9. The molecular formula is C25H23BrN6O4S. The fraction of sp³-hybridized carbons (Fsp3) is 0.200. The minimum atomic E-state index is -0.674. The number of nitrogens with two attached hydrogens (primary N) is 1. The van der Waals surface area contributed by atoms with Crippen molar-refractivity contribution in [3.63, 3.8) is 0 Å². The Bertz CT molecular complexity index is 1350. The van der Waals surface area contributed by atoms with Gasteiger partial charge < -0.3 is 15.8 Å². The Hall–Kier alpha value is -3.77. The molecule has 0 radical (unpaired) electrons. The van der Waals surface area contributed by atoms with E-state index in [2.05, 4.69) is 36.2 Å². The number of hydrogen-bond donors (Lipinski definition) is 2. The molecule has 1 aliphatic rings. The van der Waals surface area contributed by atoms with Crippen molar-refractivity contribution in [3.05, 3.63) is 82.1 Å². The molecule has 0 spiro atoms. The van der Waals surface area contributed by atoms with Crippen LogP contribution in [0.3, 0.4) is 0 Å². The molecule has 2 aromatic carbocycles. The van der Waals surface area contributed by atoms with E-state index in [0.717, 1.165) is 10.0 Å². The summed E-state index contributed by atoms with van der Waals surface area (Å²) in [6.45, 7) is 0.457. The topological polar surface area (TPSA) is 140 Å². The predicted octanol–water partition coefficient (Wildman–Crippen LogP) is 3.18. The van der Waals surface area contributed by atoms with Gasteiger partial charge in [0.15, 0.2) is 5.17 Å². The summed E-state index contributed by atoms with van der Waals surface area (Å²) in [7, 11) is 1.46. The molecule has 3 N–H and O–H groups in total. The smallest absolute Gasteiger partial charge is 0.316 e. The van der Waals surface area contributed by atoms with Gasteiger partial charge in [-0.05, 0) is 42.0 Å². The number of halogens is 1. The first kappa shape index (κ1) is 26.3. The number of methoxy groups -OCH3 is 1. The van der Waals surface area contributed by atoms with Crippen molar-refractivity contribution in [1.82, 2.24) is 20.2 Å². The van der Waals surface area contributed by atoms with Gasteiger partial charge in [-0.15, -0.1) is 0 Å². The van der Waals surface area contributed by atoms with Crippen molar-refractivity contribution in [3.8, 4) is 6.01 Å². The molecule has 2 heterocycles. The van der Waals surface area contributed by atoms with Gasteiger partial charge in [-0.1, -0.05) is 45.9 Å². The van der Waals surface area contributed by atoms with Crippen LogP contribution in [0, 0.1) is 0 Å². The summed E-state index contributed by atoms with van der Waals surface area (Å²) in [5.41, 5.74) is 7.63. The van der Waals surface area contributed by atoms with Gasteiger partial charge in [-0.3, -0.25) is 19.3 Å². The molecule has 1 fully saturated rings. The maximum atomic E-state index is 13.4. The lowest BCUT2D eigenvalue weighted by Gasteiger charge is -2.16. The molecule has 3 aromatic rings. The zero-order valence-corrected chi connectivity index (χ0v) is 22.2. The van der Waals surface area contributed by atoms with Crippen LogP contribution in [0.25, 0.3) is 0 Å². The molecule has 190 valence electrons. The monoisotopic (exact) mass is 582 g/mol. The number of amidine groups is 1. The van der Waals surface area contributed by atoms with Gasteiger partial charge in [0, 0.05) is 29.2 Å². The van der Waals surface area contributed by atoms with E-state index in [1.165, 1.54) is 30.0 Å². The van der Waals surface area contributed by atoms with E-state index in [0.29, 0.717) is 28.7 Å². The fourth-order valence-corrected chi connectivity index (χ4v) is 4.90. The SMILES string of the molecule is COc1nccc(CN2C(=O)C(CC(=O)NCc3ccc(Br)cc3)SC2=Nc2cccc(C(N)=O)c2)n1. The number of carbonyl (C=O) groups is 3. The molecule has 4 rings (SSSR count). The fourth-order valence-electron chi connectivity index (χ4n) is 3.48. The van der Waals surface area contributed by atoms with Gasteiger partial charge in [0.05, 0.1) is 25.0 Å². The van der Waals surface area contributed by atoms with Gasteiger partial charge in [-0.25, -0.2) is 9.98 Å². The summed E-state index contributed by atoms with van der Waals surface area (Å²) in [6.07, 6.45) is 1.51. The van der Waals surface area contributed by atoms with Crippen LogP contribution in [0.15, 0.2) is 70.3 Å². The van der Waals surface area contributed by atoms with Crippen LogP contribution in [0.1, 0.15) is 28.0 Å². The van der Waals surface area contributed by atoms with Crippen molar-refractivity contribution in [2.24, 2.45) is 10.7 Å². The van der Waals surface area contributed by atoms with E-state index in [4.69, 9.17) is 10.5 Å². The van der Waals surface area contributed by atoms with Gasteiger partial charge >= 0.3 is 6.01 Å². The Morgan fingerprint density at radius 1 is 1.22 bits per heavy atom. The zero-order valence-electron chi connectivity index (χ0n) is 19.8. The van der Waals surface area contributed by atoms with Gasteiger partial charge in [0.2, 0.25) is 17.7 Å². The minimum absolute atomic E-state index is 0.0238. The Kier molecular flexibility index (Phi) is 8.51. The molecule has 1 saturated heterocycles. The largest absolute Gasteiger partial charge is 0.467 e. The normalized spacial score (nSPS) is 16.2. The number of benzene rings is 2. The second-order valence-electron chi connectivity index (χ2n) is 7.98. The number of nitrogens with zero attached hydrogens (tertiary/aromatic N) is 4. The highest BCUT2D eigenvalue weighted by Crippen LogP contribution is 2.33. The van der Waals surface area contributed by atoms with Crippen molar-refractivity contribution < 1.29 is 19.1 Å². The molecule has 0 aliphatic carbocycles. The van der Waals surface area contributed by atoms with Gasteiger partial charge in [0.1, 0.15) is 5.25 Å². The third-order valence-electron chi connectivity index (χ3n) is 5.34. The summed E-state index contributed by atoms with van der Waals surface area (Å²) in [5.74, 6) is -1.11. The maximum Gasteiger partial charge on any atom is 0.316 e. The number of ether oxygens (including phenoxy) is 1. The molecule has 3 amide bonds. The maximum absolute atomic E-state index is 13.4. The van der Waals surface area contributed by atoms with Crippen molar-refractivity contribution in [2.45, 2.75) is 24.8 Å². The quantitative estimate of drug-likeness (QED) is 0.394. The number of hydrogen-bond acceptors (Lipinski definition) is 8. The number of rotatable bonds is 9. The predicted molar refractivity (Wildman–Crippen MR) is 143 cm³/mol. The summed E-state index contributed by atoms with van der Waals surface area (Å²) < 4.78 is 6.04. The zero-order chi connectivity index (χ0) is 26.4. The van der Waals surface area contributed by atoms with Crippen LogP contribution in [0.4, 0.5) is 5.69 Å². The number of amides is 3. The second-order valence-corrected chi connectivity index (χ2v) is 10.1. The number of nitrogens with one attached hydrogen (secondary N) is 1. The summed E-state index contributed by atoms with van der Waals surface area (Å²) in [5, 5.41) is 2.57. The van der Waals surface area contributed by atoms with E-state index >= 15 is 0 Å². The van der Waals surface area contributed by atoms with E-state index < -0.39 is 11.2 Å². The number of carbonyl (C=O) groups excluding carboxylic acids is 3. The van der Waals surface area contributed by atoms with Crippen LogP contribution in [0.2, 0.25) is 0 Å². The molecule has 12 heteroatoms.